The molecular formula is C28H25N5O4S. The SMILES string of the molecule is O=C(Nc1ccccn1)c1ccc(-c2csc(NC(=O)C3CCCN3C(=O)OCc3ccccc3)n2)cc1. The van der Waals surface area contributed by atoms with Crippen molar-refractivity contribution in [3.63, 3.8) is 0 Å². The van der Waals surface area contributed by atoms with E-state index in [1.807, 2.05) is 35.7 Å². The lowest BCUT2D eigenvalue weighted by Crippen LogP contribution is -2.43. The highest BCUT2D eigenvalue weighted by molar-refractivity contribution is 7.14. The van der Waals surface area contributed by atoms with E-state index in [2.05, 4.69) is 20.6 Å². The van der Waals surface area contributed by atoms with E-state index in [-0.39, 0.29) is 18.4 Å². The van der Waals surface area contributed by atoms with E-state index in [1.165, 1.54) is 16.2 Å². The minimum atomic E-state index is -0.609. The van der Waals surface area contributed by atoms with Crippen LogP contribution in [0, 0.1) is 0 Å². The van der Waals surface area contributed by atoms with Gasteiger partial charge in [-0.3, -0.25) is 14.5 Å². The van der Waals surface area contributed by atoms with Gasteiger partial charge in [0.1, 0.15) is 18.5 Å². The van der Waals surface area contributed by atoms with Crippen molar-refractivity contribution in [2.45, 2.75) is 25.5 Å². The van der Waals surface area contributed by atoms with Gasteiger partial charge in [0.25, 0.3) is 5.91 Å². The summed E-state index contributed by atoms with van der Waals surface area (Å²) in [6, 6.07) is 21.1. The van der Waals surface area contributed by atoms with Crippen molar-refractivity contribution in [2.75, 3.05) is 17.2 Å². The van der Waals surface area contributed by atoms with Crippen LogP contribution in [0.2, 0.25) is 0 Å². The van der Waals surface area contributed by atoms with Crippen LogP contribution in [-0.4, -0.2) is 45.4 Å². The summed E-state index contributed by atoms with van der Waals surface area (Å²) in [5, 5.41) is 7.86. The summed E-state index contributed by atoms with van der Waals surface area (Å²) in [7, 11) is 0. The molecule has 1 aliphatic heterocycles. The van der Waals surface area contributed by atoms with E-state index in [4.69, 9.17) is 4.74 Å². The average Bonchev–Trinajstić information content (AvgIpc) is 3.63. The summed E-state index contributed by atoms with van der Waals surface area (Å²) in [6.45, 7) is 0.624. The molecule has 3 heterocycles. The maximum Gasteiger partial charge on any atom is 0.410 e. The van der Waals surface area contributed by atoms with Gasteiger partial charge in [-0.05, 0) is 42.7 Å². The number of hydrogen-bond acceptors (Lipinski definition) is 7. The van der Waals surface area contributed by atoms with E-state index in [0.29, 0.717) is 35.2 Å². The first-order valence-electron chi connectivity index (χ1n) is 12.1. The second-order valence-corrected chi connectivity index (χ2v) is 9.52. The van der Waals surface area contributed by atoms with Crippen molar-refractivity contribution in [3.05, 3.63) is 95.5 Å². The molecule has 0 saturated carbocycles. The van der Waals surface area contributed by atoms with Crippen LogP contribution in [0.4, 0.5) is 15.7 Å². The Kier molecular flexibility index (Phi) is 7.70. The van der Waals surface area contributed by atoms with Crippen molar-refractivity contribution in [2.24, 2.45) is 0 Å². The zero-order chi connectivity index (χ0) is 26.3. The van der Waals surface area contributed by atoms with Crippen molar-refractivity contribution < 1.29 is 19.1 Å². The Balaban J connectivity index is 1.17. The summed E-state index contributed by atoms with van der Waals surface area (Å²) in [5.41, 5.74) is 2.86. The van der Waals surface area contributed by atoms with Gasteiger partial charge in [0, 0.05) is 29.2 Å². The number of benzene rings is 2. The summed E-state index contributed by atoms with van der Waals surface area (Å²) < 4.78 is 5.43. The van der Waals surface area contributed by atoms with E-state index in [9.17, 15) is 14.4 Å². The Hall–Kier alpha value is -4.57. The number of carbonyl (C=O) groups is 3. The molecule has 0 spiro atoms. The van der Waals surface area contributed by atoms with Crippen LogP contribution >= 0.6 is 11.3 Å². The normalized spacial score (nSPS) is 14.6. The van der Waals surface area contributed by atoms with Crippen molar-refractivity contribution in [1.29, 1.82) is 0 Å². The number of aromatic nitrogens is 2. The molecule has 0 aliphatic carbocycles. The number of ether oxygens (including phenoxy) is 1. The molecule has 4 aromatic rings. The number of pyridine rings is 1. The average molecular weight is 528 g/mol. The van der Waals surface area contributed by atoms with Crippen LogP contribution in [0.15, 0.2) is 84.4 Å². The fraction of sp³-hybridized carbons (Fsp3) is 0.179. The lowest BCUT2D eigenvalue weighted by Gasteiger charge is -2.22. The van der Waals surface area contributed by atoms with Crippen LogP contribution in [-0.2, 0) is 16.1 Å². The Morgan fingerprint density at radius 1 is 0.974 bits per heavy atom. The van der Waals surface area contributed by atoms with E-state index >= 15 is 0 Å². The maximum absolute atomic E-state index is 13.0. The zero-order valence-corrected chi connectivity index (χ0v) is 21.2. The summed E-state index contributed by atoms with van der Waals surface area (Å²) in [6.07, 6.45) is 2.40. The van der Waals surface area contributed by atoms with E-state index in [0.717, 1.165) is 17.5 Å². The van der Waals surface area contributed by atoms with Gasteiger partial charge >= 0.3 is 6.09 Å². The van der Waals surface area contributed by atoms with Gasteiger partial charge in [-0.15, -0.1) is 11.3 Å². The molecule has 1 atom stereocenters. The van der Waals surface area contributed by atoms with E-state index < -0.39 is 12.1 Å². The lowest BCUT2D eigenvalue weighted by molar-refractivity contribution is -0.120. The number of amides is 3. The van der Waals surface area contributed by atoms with Gasteiger partial charge in [0.05, 0.1) is 5.69 Å². The van der Waals surface area contributed by atoms with Gasteiger partial charge < -0.3 is 15.4 Å². The number of thiazole rings is 1. The molecule has 1 saturated heterocycles. The number of likely N-dealkylation sites (tertiary alicyclic amines) is 1. The minimum absolute atomic E-state index is 0.157. The molecule has 38 heavy (non-hydrogen) atoms. The standard InChI is InChI=1S/C28H25N5O4S/c34-25(31-24-10-4-5-15-29-24)21-13-11-20(12-14-21)22-18-38-27(30-22)32-26(35)23-9-6-16-33(23)28(36)37-17-19-7-2-1-3-8-19/h1-5,7-8,10-15,18,23H,6,9,16-17H2,(H,29,31,34)(H,30,32,35). The highest BCUT2D eigenvalue weighted by Crippen LogP contribution is 2.27. The Bertz CT molecular complexity index is 1410. The predicted octanol–water partition coefficient (Wildman–Crippen LogP) is 5.20. The number of rotatable bonds is 7. The highest BCUT2D eigenvalue weighted by atomic mass is 32.1. The Morgan fingerprint density at radius 3 is 2.53 bits per heavy atom. The largest absolute Gasteiger partial charge is 0.445 e. The van der Waals surface area contributed by atoms with Gasteiger partial charge in [-0.1, -0.05) is 48.5 Å². The molecule has 2 N–H and O–H groups in total. The summed E-state index contributed by atoms with van der Waals surface area (Å²) in [4.78, 5) is 48.2. The quantitative estimate of drug-likeness (QED) is 0.342. The smallest absolute Gasteiger partial charge is 0.410 e. The van der Waals surface area contributed by atoms with Crippen molar-refractivity contribution in [3.8, 4) is 11.3 Å². The molecular weight excluding hydrogens is 502 g/mol. The number of nitrogens with one attached hydrogen (secondary N) is 2. The topological polar surface area (TPSA) is 114 Å². The predicted molar refractivity (Wildman–Crippen MR) is 145 cm³/mol. The zero-order valence-electron chi connectivity index (χ0n) is 20.4. The Labute approximate surface area is 223 Å². The second kappa shape index (κ2) is 11.7. The number of hydrogen-bond donors (Lipinski definition) is 2. The second-order valence-electron chi connectivity index (χ2n) is 8.67. The molecule has 1 unspecified atom stereocenters. The van der Waals surface area contributed by atoms with E-state index in [1.54, 1.807) is 48.7 Å². The molecule has 0 bridgehead atoms. The van der Waals surface area contributed by atoms with Crippen LogP contribution in [0.1, 0.15) is 28.8 Å². The van der Waals surface area contributed by atoms with Crippen LogP contribution < -0.4 is 10.6 Å². The lowest BCUT2D eigenvalue weighted by atomic mass is 10.1. The monoisotopic (exact) mass is 527 g/mol. The van der Waals surface area contributed by atoms with Crippen LogP contribution in [0.3, 0.4) is 0 Å². The van der Waals surface area contributed by atoms with Crippen LogP contribution in [0.25, 0.3) is 11.3 Å². The van der Waals surface area contributed by atoms with Gasteiger partial charge in [0.15, 0.2) is 5.13 Å². The van der Waals surface area contributed by atoms with Gasteiger partial charge in [-0.2, -0.15) is 0 Å². The number of carbonyl (C=O) groups excluding carboxylic acids is 3. The van der Waals surface area contributed by atoms with Crippen LogP contribution in [0.5, 0.6) is 0 Å². The summed E-state index contributed by atoms with van der Waals surface area (Å²) >= 11 is 1.30. The first-order chi connectivity index (χ1) is 18.6. The molecule has 9 nitrogen and oxygen atoms in total. The van der Waals surface area contributed by atoms with Gasteiger partial charge in [-0.25, -0.2) is 14.8 Å². The fourth-order valence-corrected chi connectivity index (χ4v) is 4.85. The first-order valence-corrected chi connectivity index (χ1v) is 13.0. The number of anilines is 2. The molecule has 3 amide bonds. The third-order valence-corrected chi connectivity index (χ3v) is 6.84. The molecule has 2 aromatic heterocycles. The Morgan fingerprint density at radius 2 is 1.76 bits per heavy atom. The van der Waals surface area contributed by atoms with Crippen molar-refractivity contribution >= 4 is 40.2 Å². The van der Waals surface area contributed by atoms with Crippen molar-refractivity contribution in [1.82, 2.24) is 14.9 Å². The minimum Gasteiger partial charge on any atom is -0.445 e. The fourth-order valence-electron chi connectivity index (χ4n) is 4.13. The molecule has 1 fully saturated rings. The maximum atomic E-state index is 13.0. The highest BCUT2D eigenvalue weighted by Gasteiger charge is 2.35. The number of nitrogens with zero attached hydrogens (tertiary/aromatic N) is 3. The summed E-state index contributed by atoms with van der Waals surface area (Å²) in [5.74, 6) is -0.0711. The molecule has 2 aromatic carbocycles. The first kappa shape index (κ1) is 25.1. The molecule has 10 heteroatoms. The molecule has 192 valence electrons. The third-order valence-electron chi connectivity index (χ3n) is 6.08. The third kappa shape index (κ3) is 6.04. The molecule has 1 aliphatic rings. The van der Waals surface area contributed by atoms with Gasteiger partial charge in [0.2, 0.25) is 5.91 Å². The molecule has 0 radical (unpaired) electrons. The molecule has 5 rings (SSSR count).